The van der Waals surface area contributed by atoms with Crippen LogP contribution in [0.5, 0.6) is 0 Å². The van der Waals surface area contributed by atoms with Gasteiger partial charge in [-0.3, -0.25) is 0 Å². The second kappa shape index (κ2) is 7.87. The van der Waals surface area contributed by atoms with Crippen molar-refractivity contribution in [3.63, 3.8) is 0 Å². The minimum absolute atomic E-state index is 0. The van der Waals surface area contributed by atoms with Gasteiger partial charge in [0.05, 0.1) is 0 Å². The lowest BCUT2D eigenvalue weighted by Crippen LogP contribution is -2.06. The third kappa shape index (κ3) is 4.13. The molecule has 0 fully saturated rings. The Morgan fingerprint density at radius 3 is 2.77 bits per heavy atom. The van der Waals surface area contributed by atoms with Crippen LogP contribution in [0.1, 0.15) is 12.2 Å². The van der Waals surface area contributed by atoms with E-state index in [0.29, 0.717) is 12.4 Å². The maximum atomic E-state index is 8.54. The average Bonchev–Trinajstić information content (AvgIpc) is 2.47. The molecule has 0 amide bonds. The highest BCUT2D eigenvalue weighted by atomic mass is 35.5. The fraction of sp³-hybridized carbons (Fsp3) is 0.429. The van der Waals surface area contributed by atoms with E-state index >= 15 is 0 Å². The Morgan fingerprint density at radius 2 is 2.23 bits per heavy atom. The number of nitrogens with zero attached hydrogens (tertiary/aromatic N) is 3. The van der Waals surface area contributed by atoms with Crippen LogP contribution >= 0.6 is 24.8 Å². The van der Waals surface area contributed by atoms with E-state index in [0.717, 1.165) is 13.0 Å². The minimum atomic E-state index is 0. The predicted octanol–water partition coefficient (Wildman–Crippen LogP) is 0.947. The Morgan fingerprint density at radius 1 is 1.54 bits per heavy atom. The predicted molar refractivity (Wildman–Crippen MR) is 55.1 cm³/mol. The molecule has 0 aromatic carbocycles. The van der Waals surface area contributed by atoms with E-state index in [1.807, 2.05) is 6.07 Å². The summed E-state index contributed by atoms with van der Waals surface area (Å²) in [5.41, 5.74) is 5.32. The van der Waals surface area contributed by atoms with Gasteiger partial charge in [-0.25, -0.2) is 4.98 Å². The zero-order valence-corrected chi connectivity index (χ0v) is 8.64. The lowest BCUT2D eigenvalue weighted by molar-refractivity contribution is 0.643. The standard InChI is InChI=1S/C7H10N4.2ClH/c8-2-1-4-11-5-3-10-7(11)6-9;;/h3,5H,1-2,4,8H2;2*1H. The summed E-state index contributed by atoms with van der Waals surface area (Å²) in [6.07, 6.45) is 4.29. The molecule has 4 nitrogen and oxygen atoms in total. The Hall–Kier alpha value is -0.760. The van der Waals surface area contributed by atoms with Crippen molar-refractivity contribution < 1.29 is 0 Å². The molecular formula is C7H12Cl2N4. The van der Waals surface area contributed by atoms with Crippen LogP contribution in [0, 0.1) is 11.3 Å². The van der Waals surface area contributed by atoms with Crippen molar-refractivity contribution in [1.82, 2.24) is 9.55 Å². The Bertz CT molecular complexity index is 266. The number of aromatic nitrogens is 2. The van der Waals surface area contributed by atoms with E-state index in [9.17, 15) is 0 Å². The molecule has 0 aliphatic carbocycles. The van der Waals surface area contributed by atoms with Crippen LogP contribution in [0.2, 0.25) is 0 Å². The molecule has 0 atom stereocenters. The molecule has 1 aromatic heterocycles. The second-order valence-corrected chi connectivity index (χ2v) is 2.20. The fourth-order valence-corrected chi connectivity index (χ4v) is 0.864. The van der Waals surface area contributed by atoms with Gasteiger partial charge in [0.2, 0.25) is 5.82 Å². The number of imidazole rings is 1. The van der Waals surface area contributed by atoms with Crippen molar-refractivity contribution in [2.45, 2.75) is 13.0 Å². The van der Waals surface area contributed by atoms with Crippen molar-refractivity contribution in [3.8, 4) is 6.07 Å². The van der Waals surface area contributed by atoms with Gasteiger partial charge in [0.15, 0.2) is 0 Å². The Labute approximate surface area is 89.6 Å². The summed E-state index contributed by atoms with van der Waals surface area (Å²) in [5.74, 6) is 0.457. The third-order valence-corrected chi connectivity index (χ3v) is 1.42. The smallest absolute Gasteiger partial charge is 0.212 e. The molecule has 1 heterocycles. The van der Waals surface area contributed by atoms with Crippen LogP contribution < -0.4 is 5.73 Å². The van der Waals surface area contributed by atoms with Gasteiger partial charge in [-0.15, -0.1) is 24.8 Å². The number of halogens is 2. The molecule has 13 heavy (non-hydrogen) atoms. The number of nitriles is 1. The molecule has 0 saturated carbocycles. The number of hydrogen-bond donors (Lipinski definition) is 1. The first kappa shape index (κ1) is 14.7. The SMILES string of the molecule is Cl.Cl.N#Cc1nccn1CCCN. The van der Waals surface area contributed by atoms with E-state index in [2.05, 4.69) is 4.98 Å². The number of aryl methyl sites for hydroxylation is 1. The zero-order chi connectivity index (χ0) is 8.10. The first-order chi connectivity index (χ1) is 5.38. The summed E-state index contributed by atoms with van der Waals surface area (Å²) >= 11 is 0. The molecule has 1 rings (SSSR count). The van der Waals surface area contributed by atoms with Gasteiger partial charge in [0, 0.05) is 18.9 Å². The maximum Gasteiger partial charge on any atom is 0.212 e. The van der Waals surface area contributed by atoms with Gasteiger partial charge < -0.3 is 10.3 Å². The normalized spacial score (nSPS) is 8.00. The molecule has 0 aliphatic rings. The Balaban J connectivity index is 0. The van der Waals surface area contributed by atoms with Gasteiger partial charge in [-0.05, 0) is 13.0 Å². The quantitative estimate of drug-likeness (QED) is 0.829. The molecule has 6 heteroatoms. The van der Waals surface area contributed by atoms with Crippen molar-refractivity contribution in [2.24, 2.45) is 5.73 Å². The molecule has 2 N–H and O–H groups in total. The summed E-state index contributed by atoms with van der Waals surface area (Å²) in [6.45, 7) is 1.42. The van der Waals surface area contributed by atoms with E-state index in [4.69, 9.17) is 11.0 Å². The van der Waals surface area contributed by atoms with Crippen molar-refractivity contribution >= 4 is 24.8 Å². The lowest BCUT2D eigenvalue weighted by Gasteiger charge is -1.99. The number of nitrogens with two attached hydrogens (primary N) is 1. The summed E-state index contributed by atoms with van der Waals surface area (Å²) in [4.78, 5) is 3.85. The first-order valence-electron chi connectivity index (χ1n) is 3.50. The highest BCUT2D eigenvalue weighted by Crippen LogP contribution is 1.96. The molecule has 0 spiro atoms. The minimum Gasteiger partial charge on any atom is -0.330 e. The van der Waals surface area contributed by atoms with E-state index in [-0.39, 0.29) is 24.8 Å². The molecule has 74 valence electrons. The van der Waals surface area contributed by atoms with Crippen LogP contribution in [0.25, 0.3) is 0 Å². The van der Waals surface area contributed by atoms with Crippen LogP contribution in [0.15, 0.2) is 12.4 Å². The summed E-state index contributed by atoms with van der Waals surface area (Å²) in [5, 5.41) is 8.54. The molecule has 0 bridgehead atoms. The maximum absolute atomic E-state index is 8.54. The number of rotatable bonds is 3. The second-order valence-electron chi connectivity index (χ2n) is 2.20. The van der Waals surface area contributed by atoms with Gasteiger partial charge in [-0.1, -0.05) is 0 Å². The number of hydrogen-bond acceptors (Lipinski definition) is 3. The van der Waals surface area contributed by atoms with Crippen molar-refractivity contribution in [2.75, 3.05) is 6.54 Å². The highest BCUT2D eigenvalue weighted by molar-refractivity contribution is 5.85. The molecular weight excluding hydrogens is 211 g/mol. The van der Waals surface area contributed by atoms with Gasteiger partial charge in [0.25, 0.3) is 0 Å². The zero-order valence-electron chi connectivity index (χ0n) is 7.01. The van der Waals surface area contributed by atoms with Gasteiger partial charge in [0.1, 0.15) is 6.07 Å². The van der Waals surface area contributed by atoms with Crippen molar-refractivity contribution in [1.29, 1.82) is 5.26 Å². The lowest BCUT2D eigenvalue weighted by atomic mass is 10.4. The molecule has 0 unspecified atom stereocenters. The molecule has 0 radical (unpaired) electrons. The molecule has 0 aliphatic heterocycles. The molecule has 1 aromatic rings. The summed E-state index contributed by atoms with van der Waals surface area (Å²) < 4.78 is 1.80. The largest absolute Gasteiger partial charge is 0.330 e. The van der Waals surface area contributed by atoms with Gasteiger partial charge in [-0.2, -0.15) is 5.26 Å². The monoisotopic (exact) mass is 222 g/mol. The summed E-state index contributed by atoms with van der Waals surface area (Å²) in [7, 11) is 0. The first-order valence-corrected chi connectivity index (χ1v) is 3.50. The van der Waals surface area contributed by atoms with Crippen LogP contribution in [-0.4, -0.2) is 16.1 Å². The van der Waals surface area contributed by atoms with Gasteiger partial charge >= 0.3 is 0 Å². The van der Waals surface area contributed by atoms with E-state index < -0.39 is 0 Å². The summed E-state index contributed by atoms with van der Waals surface area (Å²) in [6, 6.07) is 2.00. The Kier molecular flexibility index (Phi) is 8.92. The van der Waals surface area contributed by atoms with Crippen LogP contribution in [-0.2, 0) is 6.54 Å². The van der Waals surface area contributed by atoms with Crippen molar-refractivity contribution in [3.05, 3.63) is 18.2 Å². The van der Waals surface area contributed by atoms with E-state index in [1.165, 1.54) is 0 Å². The molecule has 0 saturated heterocycles. The van der Waals surface area contributed by atoms with Crippen LogP contribution in [0.4, 0.5) is 0 Å². The third-order valence-electron chi connectivity index (χ3n) is 1.42. The highest BCUT2D eigenvalue weighted by Gasteiger charge is 1.98. The van der Waals surface area contributed by atoms with E-state index in [1.54, 1.807) is 17.0 Å². The average molecular weight is 223 g/mol. The fourth-order valence-electron chi connectivity index (χ4n) is 0.864. The van der Waals surface area contributed by atoms with Crippen LogP contribution in [0.3, 0.4) is 0 Å². The topological polar surface area (TPSA) is 67.6 Å².